The number of nitrogens with zero attached hydrogens (tertiary/aromatic N) is 1. The van der Waals surface area contributed by atoms with Crippen molar-refractivity contribution in [3.05, 3.63) is 27.2 Å². The summed E-state index contributed by atoms with van der Waals surface area (Å²) in [6.45, 7) is 1.70. The minimum atomic E-state index is 0.386. The van der Waals surface area contributed by atoms with E-state index in [-0.39, 0.29) is 0 Å². The quantitative estimate of drug-likeness (QED) is 0.349. The molecule has 0 amide bonds. The Bertz CT molecular complexity index is 353. The van der Waals surface area contributed by atoms with Crippen LogP contribution < -0.4 is 11.3 Å². The molecule has 6 heteroatoms. The van der Waals surface area contributed by atoms with Gasteiger partial charge in [-0.15, -0.1) is 0 Å². The first-order chi connectivity index (χ1) is 6.54. The highest BCUT2D eigenvalue weighted by Gasteiger charge is 2.06. The highest BCUT2D eigenvalue weighted by Crippen LogP contribution is 2.35. The summed E-state index contributed by atoms with van der Waals surface area (Å²) in [6.07, 6.45) is 0. The average Bonchev–Trinajstić information content (AvgIpc) is 2.10. The molecular formula is C8H8Cl3N3. The maximum Gasteiger partial charge on any atom is 0.113 e. The van der Waals surface area contributed by atoms with Gasteiger partial charge in [0.25, 0.3) is 0 Å². The van der Waals surface area contributed by atoms with Gasteiger partial charge in [-0.1, -0.05) is 34.8 Å². The number of nitrogens with one attached hydrogen (secondary N) is 1. The number of amidine groups is 1. The first-order valence-electron chi connectivity index (χ1n) is 3.71. The van der Waals surface area contributed by atoms with Crippen LogP contribution in [-0.4, -0.2) is 5.84 Å². The molecule has 1 rings (SSSR count). The molecule has 0 bridgehead atoms. The molecule has 1 aromatic carbocycles. The SMILES string of the molecule is CC(=Nc1c(Cl)cc(Cl)cc1Cl)NN. The van der Waals surface area contributed by atoms with Gasteiger partial charge in [-0.05, 0) is 19.1 Å². The van der Waals surface area contributed by atoms with Gasteiger partial charge < -0.3 is 5.43 Å². The van der Waals surface area contributed by atoms with E-state index in [0.29, 0.717) is 26.6 Å². The van der Waals surface area contributed by atoms with E-state index in [1.807, 2.05) is 0 Å². The number of halogens is 3. The minimum absolute atomic E-state index is 0.386. The van der Waals surface area contributed by atoms with E-state index in [0.717, 1.165) is 0 Å². The summed E-state index contributed by atoms with van der Waals surface area (Å²) in [7, 11) is 0. The average molecular weight is 253 g/mol. The maximum atomic E-state index is 5.89. The van der Waals surface area contributed by atoms with Crippen molar-refractivity contribution in [1.82, 2.24) is 5.43 Å². The van der Waals surface area contributed by atoms with E-state index in [1.165, 1.54) is 0 Å². The number of aliphatic imine (C=N–C) groups is 1. The van der Waals surface area contributed by atoms with E-state index in [1.54, 1.807) is 19.1 Å². The molecule has 0 saturated carbocycles. The fourth-order valence-electron chi connectivity index (χ4n) is 0.841. The molecule has 3 nitrogen and oxygen atoms in total. The van der Waals surface area contributed by atoms with Gasteiger partial charge in [-0.3, -0.25) is 0 Å². The standard InChI is InChI=1S/C8H8Cl3N3/c1-4(14-12)13-8-6(10)2-5(9)3-7(8)11/h2-3H,12H2,1H3,(H,13,14). The van der Waals surface area contributed by atoms with E-state index in [9.17, 15) is 0 Å². The second kappa shape index (κ2) is 4.84. The van der Waals surface area contributed by atoms with Crippen LogP contribution in [0.1, 0.15) is 6.92 Å². The number of rotatable bonds is 1. The minimum Gasteiger partial charge on any atom is -0.312 e. The molecule has 0 atom stereocenters. The van der Waals surface area contributed by atoms with Gasteiger partial charge in [0.05, 0.1) is 10.0 Å². The molecule has 1 aromatic rings. The zero-order valence-corrected chi connectivity index (χ0v) is 9.58. The molecule has 0 aromatic heterocycles. The lowest BCUT2D eigenvalue weighted by molar-refractivity contribution is 1.02. The molecular weight excluding hydrogens is 244 g/mol. The molecule has 0 aliphatic heterocycles. The fraction of sp³-hybridized carbons (Fsp3) is 0.125. The zero-order valence-electron chi connectivity index (χ0n) is 7.31. The Morgan fingerprint density at radius 3 is 2.21 bits per heavy atom. The van der Waals surface area contributed by atoms with Crippen molar-refractivity contribution in [3.63, 3.8) is 0 Å². The van der Waals surface area contributed by atoms with Crippen LogP contribution in [0.15, 0.2) is 17.1 Å². The van der Waals surface area contributed by atoms with Crippen molar-refractivity contribution in [2.45, 2.75) is 6.92 Å². The van der Waals surface area contributed by atoms with Crippen LogP contribution in [0.25, 0.3) is 0 Å². The second-order valence-electron chi connectivity index (χ2n) is 2.56. The molecule has 0 unspecified atom stereocenters. The summed E-state index contributed by atoms with van der Waals surface area (Å²) in [5.74, 6) is 5.67. The normalized spacial score (nSPS) is 11.6. The smallest absolute Gasteiger partial charge is 0.113 e. The molecule has 0 fully saturated rings. The first kappa shape index (κ1) is 11.6. The van der Waals surface area contributed by atoms with Gasteiger partial charge in [0, 0.05) is 5.02 Å². The number of nitrogens with two attached hydrogens (primary N) is 1. The summed E-state index contributed by atoms with van der Waals surface area (Å²) in [6, 6.07) is 3.13. The van der Waals surface area contributed by atoms with Gasteiger partial charge in [0.2, 0.25) is 0 Å². The van der Waals surface area contributed by atoms with Crippen molar-refractivity contribution in [3.8, 4) is 0 Å². The number of hydrogen-bond acceptors (Lipinski definition) is 2. The van der Waals surface area contributed by atoms with Gasteiger partial charge in [0.15, 0.2) is 0 Å². The van der Waals surface area contributed by atoms with Crippen LogP contribution >= 0.6 is 34.8 Å². The van der Waals surface area contributed by atoms with Crippen molar-refractivity contribution in [1.29, 1.82) is 0 Å². The van der Waals surface area contributed by atoms with Gasteiger partial charge in [-0.2, -0.15) is 0 Å². The van der Waals surface area contributed by atoms with Crippen LogP contribution in [0.5, 0.6) is 0 Å². The van der Waals surface area contributed by atoms with Crippen molar-refractivity contribution >= 4 is 46.3 Å². The molecule has 0 spiro atoms. The summed E-state index contributed by atoms with van der Waals surface area (Å²) in [5, 5.41) is 1.24. The Hall–Kier alpha value is -0.480. The summed E-state index contributed by atoms with van der Waals surface area (Å²) >= 11 is 17.5. The van der Waals surface area contributed by atoms with Crippen LogP contribution in [0.3, 0.4) is 0 Å². The third-order valence-electron chi connectivity index (χ3n) is 1.47. The van der Waals surface area contributed by atoms with E-state index >= 15 is 0 Å². The predicted molar refractivity (Wildman–Crippen MR) is 61.6 cm³/mol. The molecule has 76 valence electrons. The Labute approximate surface area is 96.8 Å². The third kappa shape index (κ3) is 2.75. The van der Waals surface area contributed by atoms with Gasteiger partial charge >= 0.3 is 0 Å². The molecule has 0 aliphatic rings. The highest BCUT2D eigenvalue weighted by atomic mass is 35.5. The van der Waals surface area contributed by atoms with Crippen molar-refractivity contribution in [2.75, 3.05) is 0 Å². The summed E-state index contributed by atoms with van der Waals surface area (Å²) in [5.41, 5.74) is 2.83. The third-order valence-corrected chi connectivity index (χ3v) is 2.26. The van der Waals surface area contributed by atoms with Crippen LogP contribution in [0.2, 0.25) is 15.1 Å². The summed E-state index contributed by atoms with van der Waals surface area (Å²) < 4.78 is 0. The fourth-order valence-corrected chi connectivity index (χ4v) is 1.74. The molecule has 14 heavy (non-hydrogen) atoms. The molecule has 0 aliphatic carbocycles. The highest BCUT2D eigenvalue weighted by molar-refractivity contribution is 6.41. The van der Waals surface area contributed by atoms with Crippen LogP contribution in [0, 0.1) is 0 Å². The lowest BCUT2D eigenvalue weighted by Gasteiger charge is -2.04. The Balaban J connectivity index is 3.21. The van der Waals surface area contributed by atoms with Crippen molar-refractivity contribution in [2.24, 2.45) is 10.8 Å². The number of hydrogen-bond donors (Lipinski definition) is 2. The Kier molecular flexibility index (Phi) is 4.01. The lowest BCUT2D eigenvalue weighted by atomic mass is 10.3. The zero-order chi connectivity index (χ0) is 10.7. The first-order valence-corrected chi connectivity index (χ1v) is 4.84. The largest absolute Gasteiger partial charge is 0.312 e. The lowest BCUT2D eigenvalue weighted by Crippen LogP contribution is -2.27. The van der Waals surface area contributed by atoms with Crippen molar-refractivity contribution < 1.29 is 0 Å². The van der Waals surface area contributed by atoms with E-state index in [2.05, 4.69) is 10.4 Å². The van der Waals surface area contributed by atoms with E-state index in [4.69, 9.17) is 40.6 Å². The second-order valence-corrected chi connectivity index (χ2v) is 3.81. The van der Waals surface area contributed by atoms with Crippen LogP contribution in [-0.2, 0) is 0 Å². The topological polar surface area (TPSA) is 50.4 Å². The monoisotopic (exact) mass is 251 g/mol. The molecule has 0 radical (unpaired) electrons. The summed E-state index contributed by atoms with van der Waals surface area (Å²) in [4.78, 5) is 4.08. The predicted octanol–water partition coefficient (Wildman–Crippen LogP) is 3.16. The number of benzene rings is 1. The maximum absolute atomic E-state index is 5.89. The van der Waals surface area contributed by atoms with Gasteiger partial charge in [-0.25, -0.2) is 10.8 Å². The molecule has 3 N–H and O–H groups in total. The number of hydrazine groups is 1. The Morgan fingerprint density at radius 1 is 1.29 bits per heavy atom. The van der Waals surface area contributed by atoms with Crippen LogP contribution in [0.4, 0.5) is 5.69 Å². The van der Waals surface area contributed by atoms with E-state index < -0.39 is 0 Å². The van der Waals surface area contributed by atoms with Gasteiger partial charge in [0.1, 0.15) is 11.5 Å². The molecule has 0 heterocycles. The molecule has 0 saturated heterocycles. The Morgan fingerprint density at radius 2 is 1.79 bits per heavy atom.